The van der Waals surface area contributed by atoms with E-state index in [-0.39, 0.29) is 18.0 Å². The molecule has 1 aromatic heterocycles. The SMILES string of the molecule is CCOc1nc(C2=CCNC2)ncc1C(=O)NC1=C[N+]2=CC(C)=NC2C=C1. The molecule has 0 saturated carbocycles. The van der Waals surface area contributed by atoms with Gasteiger partial charge < -0.3 is 15.4 Å². The maximum Gasteiger partial charge on any atom is 0.271 e. The van der Waals surface area contributed by atoms with Gasteiger partial charge in [-0.05, 0) is 19.9 Å². The largest absolute Gasteiger partial charge is 0.477 e. The second-order valence-electron chi connectivity index (χ2n) is 6.36. The summed E-state index contributed by atoms with van der Waals surface area (Å²) in [5.74, 6) is 0.562. The molecule has 8 heteroatoms. The number of amides is 1. The predicted octanol–water partition coefficient (Wildman–Crippen LogP) is 0.887. The molecule has 0 spiro atoms. The molecular formula is C19H21N6O2+. The van der Waals surface area contributed by atoms with Crippen molar-refractivity contribution in [2.75, 3.05) is 19.7 Å². The Morgan fingerprint density at radius 3 is 3.15 bits per heavy atom. The highest BCUT2D eigenvalue weighted by Gasteiger charge is 2.26. The van der Waals surface area contributed by atoms with E-state index >= 15 is 0 Å². The molecule has 1 amide bonds. The lowest BCUT2D eigenvalue weighted by molar-refractivity contribution is -0.477. The van der Waals surface area contributed by atoms with Gasteiger partial charge in [-0.2, -0.15) is 9.56 Å². The molecule has 0 aromatic carbocycles. The van der Waals surface area contributed by atoms with Gasteiger partial charge in [0, 0.05) is 30.9 Å². The zero-order valence-electron chi connectivity index (χ0n) is 15.3. The number of aliphatic imine (C=N–C) groups is 1. The highest BCUT2D eigenvalue weighted by atomic mass is 16.5. The molecule has 4 heterocycles. The highest BCUT2D eigenvalue weighted by molar-refractivity contribution is 6.28. The third-order valence-electron chi connectivity index (χ3n) is 4.35. The Kier molecular flexibility index (Phi) is 4.64. The minimum absolute atomic E-state index is 0.0273. The normalized spacial score (nSPS) is 20.4. The number of fused-ring (bicyclic) bond motifs is 1. The third-order valence-corrected chi connectivity index (χ3v) is 4.35. The van der Waals surface area contributed by atoms with Crippen LogP contribution in [0.2, 0.25) is 0 Å². The van der Waals surface area contributed by atoms with Crippen LogP contribution in [-0.2, 0) is 0 Å². The van der Waals surface area contributed by atoms with E-state index in [0.717, 1.165) is 17.8 Å². The Morgan fingerprint density at radius 2 is 2.37 bits per heavy atom. The second kappa shape index (κ2) is 7.24. The first kappa shape index (κ1) is 17.3. The van der Waals surface area contributed by atoms with Crippen LogP contribution in [0.3, 0.4) is 0 Å². The number of carbonyl (C=O) groups excluding carboxylic acids is 1. The summed E-state index contributed by atoms with van der Waals surface area (Å²) in [6, 6.07) is 0. The average Bonchev–Trinajstić information content (AvgIpc) is 3.30. The van der Waals surface area contributed by atoms with Crippen molar-refractivity contribution in [3.05, 3.63) is 47.7 Å². The predicted molar refractivity (Wildman–Crippen MR) is 102 cm³/mol. The number of aromatic nitrogens is 2. The average molecular weight is 365 g/mol. The maximum absolute atomic E-state index is 12.8. The molecule has 0 radical (unpaired) electrons. The van der Waals surface area contributed by atoms with Crippen molar-refractivity contribution in [1.82, 2.24) is 20.6 Å². The molecular weight excluding hydrogens is 344 g/mol. The van der Waals surface area contributed by atoms with Gasteiger partial charge in [0.05, 0.1) is 6.61 Å². The molecule has 27 heavy (non-hydrogen) atoms. The van der Waals surface area contributed by atoms with Gasteiger partial charge in [0.15, 0.2) is 18.2 Å². The Morgan fingerprint density at radius 1 is 1.48 bits per heavy atom. The van der Waals surface area contributed by atoms with Gasteiger partial charge in [0.25, 0.3) is 12.1 Å². The Bertz CT molecular complexity index is 942. The van der Waals surface area contributed by atoms with Gasteiger partial charge in [0.2, 0.25) is 5.88 Å². The highest BCUT2D eigenvalue weighted by Crippen LogP contribution is 2.20. The van der Waals surface area contributed by atoms with E-state index < -0.39 is 0 Å². The topological polar surface area (TPSA) is 91.5 Å². The summed E-state index contributed by atoms with van der Waals surface area (Å²) in [6.07, 6.45) is 11.1. The standard InChI is InChI=1S/C19H20N6O2/c1-3-27-19-15(9-21-17(24-19)13-6-7-20-8-13)18(26)23-14-4-5-16-22-12(2)10-25(16)11-14/h4-6,9-11,16,20H,3,7-8H2,1-2H3/p+1. The van der Waals surface area contributed by atoms with Crippen molar-refractivity contribution in [2.45, 2.75) is 20.0 Å². The van der Waals surface area contributed by atoms with E-state index in [9.17, 15) is 4.79 Å². The molecule has 0 bridgehead atoms. The summed E-state index contributed by atoms with van der Waals surface area (Å²) in [7, 11) is 0. The van der Waals surface area contributed by atoms with E-state index in [4.69, 9.17) is 4.74 Å². The second-order valence-corrected chi connectivity index (χ2v) is 6.36. The van der Waals surface area contributed by atoms with Crippen molar-refractivity contribution >= 4 is 23.4 Å². The molecule has 1 aromatic rings. The van der Waals surface area contributed by atoms with Gasteiger partial charge in [-0.15, -0.1) is 0 Å². The molecule has 1 atom stereocenters. The first-order valence-corrected chi connectivity index (χ1v) is 8.92. The number of nitrogens with zero attached hydrogens (tertiary/aromatic N) is 4. The zero-order chi connectivity index (χ0) is 18.8. The van der Waals surface area contributed by atoms with Crippen LogP contribution in [-0.4, -0.2) is 58.2 Å². The van der Waals surface area contributed by atoms with Crippen LogP contribution in [0.15, 0.2) is 41.3 Å². The summed E-state index contributed by atoms with van der Waals surface area (Å²) in [6.45, 7) is 5.73. The third kappa shape index (κ3) is 3.56. The van der Waals surface area contributed by atoms with Crippen LogP contribution in [0.4, 0.5) is 0 Å². The smallest absolute Gasteiger partial charge is 0.271 e. The summed E-state index contributed by atoms with van der Waals surface area (Å²) in [5, 5.41) is 6.10. The first-order chi connectivity index (χ1) is 13.1. The van der Waals surface area contributed by atoms with Crippen molar-refractivity contribution in [3.63, 3.8) is 0 Å². The van der Waals surface area contributed by atoms with E-state index in [0.29, 0.717) is 30.2 Å². The zero-order valence-corrected chi connectivity index (χ0v) is 15.3. The molecule has 4 rings (SSSR count). The summed E-state index contributed by atoms with van der Waals surface area (Å²) < 4.78 is 7.55. The maximum atomic E-state index is 12.8. The van der Waals surface area contributed by atoms with E-state index in [1.54, 1.807) is 0 Å². The van der Waals surface area contributed by atoms with Gasteiger partial charge in [-0.1, -0.05) is 6.08 Å². The van der Waals surface area contributed by atoms with Crippen molar-refractivity contribution in [1.29, 1.82) is 0 Å². The van der Waals surface area contributed by atoms with Gasteiger partial charge in [-0.3, -0.25) is 4.79 Å². The van der Waals surface area contributed by atoms with Gasteiger partial charge in [0.1, 0.15) is 17.0 Å². The van der Waals surface area contributed by atoms with Crippen LogP contribution in [0.25, 0.3) is 5.57 Å². The first-order valence-electron chi connectivity index (χ1n) is 8.92. The van der Waals surface area contributed by atoms with Crippen LogP contribution < -0.4 is 15.4 Å². The lowest BCUT2D eigenvalue weighted by Gasteiger charge is -2.12. The number of carbonyl (C=O) groups is 1. The minimum atomic E-state index is -0.310. The van der Waals surface area contributed by atoms with Gasteiger partial charge >= 0.3 is 0 Å². The minimum Gasteiger partial charge on any atom is -0.477 e. The molecule has 0 aliphatic carbocycles. The quantitative estimate of drug-likeness (QED) is 0.756. The van der Waals surface area contributed by atoms with E-state index in [1.165, 1.54) is 6.20 Å². The molecule has 8 nitrogen and oxygen atoms in total. The molecule has 3 aliphatic heterocycles. The number of ether oxygens (including phenoxy) is 1. The fraction of sp³-hybridized carbons (Fsp3) is 0.316. The van der Waals surface area contributed by atoms with Crippen LogP contribution >= 0.6 is 0 Å². The van der Waals surface area contributed by atoms with Gasteiger partial charge in [-0.25, -0.2) is 9.98 Å². The fourth-order valence-electron chi connectivity index (χ4n) is 3.09. The fourth-order valence-corrected chi connectivity index (χ4v) is 3.09. The molecule has 0 saturated heterocycles. The Balaban J connectivity index is 1.55. The Hall–Kier alpha value is -3.13. The molecule has 3 aliphatic rings. The monoisotopic (exact) mass is 365 g/mol. The van der Waals surface area contributed by atoms with Crippen molar-refractivity contribution in [2.24, 2.45) is 4.99 Å². The van der Waals surface area contributed by atoms with E-state index in [1.807, 2.05) is 49.1 Å². The molecule has 138 valence electrons. The van der Waals surface area contributed by atoms with Crippen LogP contribution in [0.5, 0.6) is 5.88 Å². The number of rotatable bonds is 5. The Labute approximate surface area is 157 Å². The lowest BCUT2D eigenvalue weighted by Crippen LogP contribution is -2.28. The molecule has 0 fully saturated rings. The van der Waals surface area contributed by atoms with E-state index in [2.05, 4.69) is 25.6 Å². The summed E-state index contributed by atoms with van der Waals surface area (Å²) >= 11 is 0. The number of allylic oxidation sites excluding steroid dienone is 1. The van der Waals surface area contributed by atoms with Crippen molar-refractivity contribution in [3.8, 4) is 5.88 Å². The molecule has 2 N–H and O–H groups in total. The lowest BCUT2D eigenvalue weighted by atomic mass is 10.2. The number of hydrogen-bond acceptors (Lipinski definition) is 6. The van der Waals surface area contributed by atoms with Crippen molar-refractivity contribution < 1.29 is 14.1 Å². The number of hydrogen-bond donors (Lipinski definition) is 2. The molecule has 1 unspecified atom stereocenters. The summed E-state index contributed by atoms with van der Waals surface area (Å²) in [5.41, 5.74) is 2.94. The number of nitrogens with one attached hydrogen (secondary N) is 2. The van der Waals surface area contributed by atoms with Crippen LogP contribution in [0.1, 0.15) is 30.0 Å². The summed E-state index contributed by atoms with van der Waals surface area (Å²) in [4.78, 5) is 26.0. The van der Waals surface area contributed by atoms with Crippen LogP contribution in [0, 0.1) is 0 Å².